The number of carbonyl (C=O) groups excluding carboxylic acids is 1. The summed E-state index contributed by atoms with van der Waals surface area (Å²) in [5.41, 5.74) is 1.14. The van der Waals surface area contributed by atoms with Crippen LogP contribution in [-0.4, -0.2) is 23.2 Å². The van der Waals surface area contributed by atoms with Crippen LogP contribution in [0.4, 0.5) is 0 Å². The molecule has 0 aromatic carbocycles. The van der Waals surface area contributed by atoms with Crippen molar-refractivity contribution in [3.8, 4) is 0 Å². The fourth-order valence-corrected chi connectivity index (χ4v) is 2.24. The Morgan fingerprint density at radius 3 is 2.93 bits per heavy atom. The average Bonchev–Trinajstić information content (AvgIpc) is 2.44. The fraction of sp³-hybridized carbons (Fsp3) is 0.818. The molecular weight excluding hydrogens is 176 g/mol. The Balaban J connectivity index is 2.08. The predicted molar refractivity (Wildman–Crippen MR) is 55.9 cm³/mol. The average molecular weight is 194 g/mol. The Morgan fingerprint density at radius 1 is 1.50 bits per heavy atom. The van der Waals surface area contributed by atoms with Crippen LogP contribution in [0.2, 0.25) is 0 Å². The number of hydrogen-bond acceptors (Lipinski definition) is 2. The Bertz CT molecular complexity index is 270. The molecule has 1 aliphatic heterocycles. The van der Waals surface area contributed by atoms with E-state index >= 15 is 0 Å². The van der Waals surface area contributed by atoms with Crippen molar-refractivity contribution in [2.24, 2.45) is 16.9 Å². The van der Waals surface area contributed by atoms with E-state index in [1.807, 2.05) is 0 Å². The van der Waals surface area contributed by atoms with Crippen molar-refractivity contribution in [2.45, 2.75) is 39.5 Å². The molecule has 0 aromatic heterocycles. The molecule has 0 N–H and O–H groups in total. The fourth-order valence-electron chi connectivity index (χ4n) is 2.24. The van der Waals surface area contributed by atoms with Crippen LogP contribution in [0.3, 0.4) is 0 Å². The largest absolute Gasteiger partial charge is 0.272 e. The zero-order chi connectivity index (χ0) is 10.1. The van der Waals surface area contributed by atoms with Crippen molar-refractivity contribution < 1.29 is 4.79 Å². The summed E-state index contributed by atoms with van der Waals surface area (Å²) < 4.78 is 0. The van der Waals surface area contributed by atoms with Crippen LogP contribution in [0.15, 0.2) is 5.10 Å². The maximum atomic E-state index is 11.9. The van der Waals surface area contributed by atoms with Gasteiger partial charge in [0.25, 0.3) is 5.91 Å². The lowest BCUT2D eigenvalue weighted by Crippen LogP contribution is -2.31. The standard InChI is InChI=1S/C11H18N2O/c1-8(2)7-13-11(14)9-5-3-4-6-10(9)12-13/h8-9H,3-7H2,1-2H3. The van der Waals surface area contributed by atoms with Crippen molar-refractivity contribution in [1.29, 1.82) is 0 Å². The number of rotatable bonds is 2. The monoisotopic (exact) mass is 194 g/mol. The minimum atomic E-state index is 0.141. The van der Waals surface area contributed by atoms with E-state index in [0.717, 1.165) is 25.1 Å². The van der Waals surface area contributed by atoms with Gasteiger partial charge in [-0.25, -0.2) is 5.01 Å². The summed E-state index contributed by atoms with van der Waals surface area (Å²) in [5.74, 6) is 0.888. The molecule has 78 valence electrons. The summed E-state index contributed by atoms with van der Waals surface area (Å²) in [6.07, 6.45) is 4.44. The lowest BCUT2D eigenvalue weighted by Gasteiger charge is -2.17. The number of hydrazone groups is 1. The minimum absolute atomic E-state index is 0.141. The zero-order valence-electron chi connectivity index (χ0n) is 8.99. The molecule has 1 heterocycles. The van der Waals surface area contributed by atoms with Gasteiger partial charge in [-0.05, 0) is 25.2 Å². The summed E-state index contributed by atoms with van der Waals surface area (Å²) in [5, 5.41) is 6.12. The van der Waals surface area contributed by atoms with Gasteiger partial charge in [-0.3, -0.25) is 4.79 Å². The van der Waals surface area contributed by atoms with Gasteiger partial charge in [0.05, 0.1) is 11.6 Å². The first-order valence-corrected chi connectivity index (χ1v) is 5.57. The van der Waals surface area contributed by atoms with Crippen LogP contribution >= 0.6 is 0 Å². The first kappa shape index (κ1) is 9.69. The number of fused-ring (bicyclic) bond motifs is 1. The summed E-state index contributed by atoms with van der Waals surface area (Å²) in [7, 11) is 0. The van der Waals surface area contributed by atoms with E-state index in [0.29, 0.717) is 5.92 Å². The van der Waals surface area contributed by atoms with Crippen LogP contribution in [0.1, 0.15) is 39.5 Å². The third-order valence-electron chi connectivity index (χ3n) is 2.92. The number of hydrogen-bond donors (Lipinski definition) is 0. The molecular formula is C11H18N2O. The molecule has 3 heteroatoms. The molecule has 1 amide bonds. The molecule has 1 saturated carbocycles. The normalized spacial score (nSPS) is 26.8. The topological polar surface area (TPSA) is 32.7 Å². The Morgan fingerprint density at radius 2 is 2.29 bits per heavy atom. The maximum Gasteiger partial charge on any atom is 0.251 e. The van der Waals surface area contributed by atoms with E-state index in [1.165, 1.54) is 12.8 Å². The Labute approximate surface area is 85.2 Å². The second-order valence-electron chi connectivity index (χ2n) is 4.70. The summed E-state index contributed by atoms with van der Waals surface area (Å²) in [4.78, 5) is 11.9. The molecule has 0 spiro atoms. The molecule has 0 saturated heterocycles. The number of carbonyl (C=O) groups is 1. The van der Waals surface area contributed by atoms with Crippen molar-refractivity contribution in [2.75, 3.05) is 6.54 Å². The highest BCUT2D eigenvalue weighted by atomic mass is 16.2. The minimum Gasteiger partial charge on any atom is -0.272 e. The van der Waals surface area contributed by atoms with Gasteiger partial charge >= 0.3 is 0 Å². The quantitative estimate of drug-likeness (QED) is 0.662. The van der Waals surface area contributed by atoms with Crippen molar-refractivity contribution >= 4 is 11.6 Å². The van der Waals surface area contributed by atoms with Gasteiger partial charge in [0.2, 0.25) is 0 Å². The first-order valence-electron chi connectivity index (χ1n) is 5.57. The van der Waals surface area contributed by atoms with Crippen LogP contribution < -0.4 is 0 Å². The molecule has 1 fully saturated rings. The number of amides is 1. The summed E-state index contributed by atoms with van der Waals surface area (Å²) >= 11 is 0. The SMILES string of the molecule is CC(C)CN1N=C2CCCCC2C1=O. The van der Waals surface area contributed by atoms with Crippen LogP contribution in [0.5, 0.6) is 0 Å². The van der Waals surface area contributed by atoms with E-state index in [4.69, 9.17) is 0 Å². The second-order valence-corrected chi connectivity index (χ2v) is 4.70. The Hall–Kier alpha value is -0.860. The molecule has 1 atom stereocenters. The van der Waals surface area contributed by atoms with E-state index in [1.54, 1.807) is 5.01 Å². The Kier molecular flexibility index (Phi) is 2.57. The lowest BCUT2D eigenvalue weighted by molar-refractivity contribution is -0.132. The highest BCUT2D eigenvalue weighted by molar-refractivity contribution is 6.08. The van der Waals surface area contributed by atoms with Crippen LogP contribution in [0, 0.1) is 11.8 Å². The predicted octanol–water partition coefficient (Wildman–Crippen LogP) is 2.03. The first-order chi connectivity index (χ1) is 6.68. The van der Waals surface area contributed by atoms with E-state index in [9.17, 15) is 4.79 Å². The molecule has 0 aromatic rings. The lowest BCUT2D eigenvalue weighted by atomic mass is 9.87. The third-order valence-corrected chi connectivity index (χ3v) is 2.92. The molecule has 1 aliphatic carbocycles. The van der Waals surface area contributed by atoms with Crippen LogP contribution in [0.25, 0.3) is 0 Å². The third kappa shape index (κ3) is 1.68. The van der Waals surface area contributed by atoms with Gasteiger partial charge in [-0.2, -0.15) is 5.10 Å². The summed E-state index contributed by atoms with van der Waals surface area (Å²) in [6, 6.07) is 0. The summed E-state index contributed by atoms with van der Waals surface area (Å²) in [6.45, 7) is 5.02. The molecule has 14 heavy (non-hydrogen) atoms. The highest BCUT2D eigenvalue weighted by Crippen LogP contribution is 2.29. The van der Waals surface area contributed by atoms with Crippen molar-refractivity contribution in [3.63, 3.8) is 0 Å². The van der Waals surface area contributed by atoms with Gasteiger partial charge < -0.3 is 0 Å². The smallest absolute Gasteiger partial charge is 0.251 e. The number of nitrogens with zero attached hydrogens (tertiary/aromatic N) is 2. The molecule has 1 unspecified atom stereocenters. The second kappa shape index (κ2) is 3.71. The van der Waals surface area contributed by atoms with Crippen LogP contribution in [-0.2, 0) is 4.79 Å². The van der Waals surface area contributed by atoms with Gasteiger partial charge in [0.15, 0.2) is 0 Å². The molecule has 2 aliphatic rings. The molecule has 2 rings (SSSR count). The van der Waals surface area contributed by atoms with Crippen molar-refractivity contribution in [3.05, 3.63) is 0 Å². The van der Waals surface area contributed by atoms with E-state index < -0.39 is 0 Å². The van der Waals surface area contributed by atoms with Crippen molar-refractivity contribution in [1.82, 2.24) is 5.01 Å². The van der Waals surface area contributed by atoms with E-state index in [-0.39, 0.29) is 11.8 Å². The van der Waals surface area contributed by atoms with Gasteiger partial charge in [0, 0.05) is 6.54 Å². The highest BCUT2D eigenvalue weighted by Gasteiger charge is 2.36. The van der Waals surface area contributed by atoms with E-state index in [2.05, 4.69) is 18.9 Å². The molecule has 0 bridgehead atoms. The molecule has 0 radical (unpaired) electrons. The van der Waals surface area contributed by atoms with Gasteiger partial charge in [0.1, 0.15) is 0 Å². The molecule has 3 nitrogen and oxygen atoms in total. The maximum absolute atomic E-state index is 11.9. The zero-order valence-corrected chi connectivity index (χ0v) is 8.99. The van der Waals surface area contributed by atoms with Gasteiger partial charge in [-0.1, -0.05) is 20.3 Å². The van der Waals surface area contributed by atoms with Gasteiger partial charge in [-0.15, -0.1) is 0 Å².